The molecule has 118 valence electrons. The van der Waals surface area contributed by atoms with Gasteiger partial charge >= 0.3 is 0 Å². The van der Waals surface area contributed by atoms with Crippen LogP contribution in [-0.2, 0) is 11.2 Å². The summed E-state index contributed by atoms with van der Waals surface area (Å²) in [6.07, 6.45) is 0.786. The molecule has 0 spiro atoms. The van der Waals surface area contributed by atoms with Gasteiger partial charge in [0, 0.05) is 26.2 Å². The van der Waals surface area contributed by atoms with Crippen LogP contribution in [0.1, 0.15) is 36.1 Å². The first-order valence-electron chi connectivity index (χ1n) is 7.53. The van der Waals surface area contributed by atoms with E-state index in [9.17, 15) is 4.79 Å². The first kappa shape index (κ1) is 16.3. The van der Waals surface area contributed by atoms with E-state index in [1.807, 2.05) is 6.92 Å². The zero-order valence-corrected chi connectivity index (χ0v) is 13.8. The summed E-state index contributed by atoms with van der Waals surface area (Å²) in [6.45, 7) is 10.6. The van der Waals surface area contributed by atoms with E-state index in [1.54, 1.807) is 0 Å². The van der Waals surface area contributed by atoms with E-state index in [1.165, 1.54) is 0 Å². The number of nitrogens with zero attached hydrogens (tertiary/aromatic N) is 3. The van der Waals surface area contributed by atoms with Crippen LogP contribution in [0.2, 0.25) is 0 Å². The molecule has 1 atom stereocenters. The first-order chi connectivity index (χ1) is 10.1. The summed E-state index contributed by atoms with van der Waals surface area (Å²) in [6, 6.07) is 0. The summed E-state index contributed by atoms with van der Waals surface area (Å²) in [5.41, 5.74) is 0.767. The normalized spacial score (nSPS) is 19.9. The van der Waals surface area contributed by atoms with Crippen LogP contribution in [0.5, 0.6) is 0 Å². The standard InChI is InChI=1S/C14H24N4O2S/c1-4-12-13(21-17-16-12)14(19)15-7-11-9-18(5-6-20-11)8-10(2)3/h10-11H,4-9H2,1-3H3,(H,15,19)/t11-/m1/s1. The summed E-state index contributed by atoms with van der Waals surface area (Å²) < 4.78 is 9.57. The summed E-state index contributed by atoms with van der Waals surface area (Å²) in [4.78, 5) is 15.2. The Morgan fingerprint density at radius 2 is 2.38 bits per heavy atom. The molecule has 0 bridgehead atoms. The third kappa shape index (κ3) is 4.72. The molecule has 0 aromatic carbocycles. The van der Waals surface area contributed by atoms with Gasteiger partial charge in [-0.3, -0.25) is 9.69 Å². The van der Waals surface area contributed by atoms with Gasteiger partial charge in [0.25, 0.3) is 5.91 Å². The Hall–Kier alpha value is -1.05. The highest BCUT2D eigenvalue weighted by atomic mass is 32.1. The largest absolute Gasteiger partial charge is 0.374 e. The van der Waals surface area contributed by atoms with Crippen molar-refractivity contribution in [1.29, 1.82) is 0 Å². The average Bonchev–Trinajstić information content (AvgIpc) is 2.93. The highest BCUT2D eigenvalue weighted by Crippen LogP contribution is 2.11. The van der Waals surface area contributed by atoms with Crippen LogP contribution in [0.3, 0.4) is 0 Å². The molecule has 1 aromatic heterocycles. The molecule has 2 rings (SSSR count). The second-order valence-corrected chi connectivity index (χ2v) is 6.51. The minimum atomic E-state index is -0.0913. The summed E-state index contributed by atoms with van der Waals surface area (Å²) in [5, 5.41) is 6.91. The van der Waals surface area contributed by atoms with E-state index in [0.717, 1.165) is 49.9 Å². The number of carbonyl (C=O) groups excluding carboxylic acids is 1. The average molecular weight is 312 g/mol. The number of carbonyl (C=O) groups is 1. The van der Waals surface area contributed by atoms with E-state index in [2.05, 4.69) is 33.7 Å². The molecule has 7 heteroatoms. The molecule has 1 amide bonds. The Balaban J connectivity index is 1.81. The third-order valence-electron chi connectivity index (χ3n) is 3.43. The van der Waals surface area contributed by atoms with Crippen LogP contribution in [-0.4, -0.2) is 59.3 Å². The van der Waals surface area contributed by atoms with Crippen LogP contribution in [0.15, 0.2) is 0 Å². The van der Waals surface area contributed by atoms with Crippen molar-refractivity contribution in [3.63, 3.8) is 0 Å². The predicted octanol–water partition coefficient (Wildman–Crippen LogP) is 1.19. The molecule has 2 heterocycles. The van der Waals surface area contributed by atoms with Crippen LogP contribution >= 0.6 is 11.5 Å². The molecule has 0 saturated carbocycles. The Morgan fingerprint density at radius 1 is 1.57 bits per heavy atom. The van der Waals surface area contributed by atoms with E-state index >= 15 is 0 Å². The maximum absolute atomic E-state index is 12.1. The number of ether oxygens (including phenoxy) is 1. The second kappa shape index (κ2) is 7.82. The lowest BCUT2D eigenvalue weighted by Gasteiger charge is -2.33. The summed E-state index contributed by atoms with van der Waals surface area (Å²) >= 11 is 1.15. The number of rotatable bonds is 6. The van der Waals surface area contributed by atoms with Gasteiger partial charge < -0.3 is 10.1 Å². The van der Waals surface area contributed by atoms with Crippen molar-refractivity contribution in [2.75, 3.05) is 32.8 Å². The fraction of sp³-hybridized carbons (Fsp3) is 0.786. The maximum atomic E-state index is 12.1. The van der Waals surface area contributed by atoms with E-state index < -0.39 is 0 Å². The Bertz CT molecular complexity index is 464. The van der Waals surface area contributed by atoms with E-state index in [4.69, 9.17) is 4.74 Å². The van der Waals surface area contributed by atoms with Gasteiger partial charge in [0.15, 0.2) is 0 Å². The van der Waals surface area contributed by atoms with Gasteiger partial charge in [-0.25, -0.2) is 0 Å². The molecule has 1 aliphatic rings. The van der Waals surface area contributed by atoms with E-state index in [0.29, 0.717) is 17.3 Å². The third-order valence-corrected chi connectivity index (χ3v) is 4.20. The minimum absolute atomic E-state index is 0.0624. The van der Waals surface area contributed by atoms with E-state index in [-0.39, 0.29) is 12.0 Å². The Morgan fingerprint density at radius 3 is 3.10 bits per heavy atom. The summed E-state index contributed by atoms with van der Waals surface area (Å²) in [5.74, 6) is 0.556. The SMILES string of the molecule is CCc1nnsc1C(=O)NC[C@@H]1CN(CC(C)C)CCO1. The molecule has 1 fully saturated rings. The molecular weight excluding hydrogens is 288 g/mol. The Labute approximate surface area is 130 Å². The number of morpholine rings is 1. The van der Waals surface area contributed by atoms with Gasteiger partial charge in [0.2, 0.25) is 0 Å². The van der Waals surface area contributed by atoms with Crippen molar-refractivity contribution < 1.29 is 9.53 Å². The van der Waals surface area contributed by atoms with Crippen molar-refractivity contribution in [2.45, 2.75) is 33.3 Å². The van der Waals surface area contributed by atoms with Gasteiger partial charge in [0.1, 0.15) is 4.88 Å². The minimum Gasteiger partial charge on any atom is -0.374 e. The highest BCUT2D eigenvalue weighted by Gasteiger charge is 2.22. The van der Waals surface area contributed by atoms with Crippen LogP contribution in [0.25, 0.3) is 0 Å². The zero-order chi connectivity index (χ0) is 15.2. The van der Waals surface area contributed by atoms with Gasteiger partial charge in [-0.05, 0) is 23.9 Å². The zero-order valence-electron chi connectivity index (χ0n) is 13.0. The fourth-order valence-corrected chi connectivity index (χ4v) is 3.15. The number of hydrogen-bond acceptors (Lipinski definition) is 6. The lowest BCUT2D eigenvalue weighted by Crippen LogP contribution is -2.48. The van der Waals surface area contributed by atoms with Gasteiger partial charge in [-0.2, -0.15) is 0 Å². The molecule has 6 nitrogen and oxygen atoms in total. The smallest absolute Gasteiger partial charge is 0.265 e. The molecule has 1 aliphatic heterocycles. The number of aromatic nitrogens is 2. The van der Waals surface area contributed by atoms with Crippen molar-refractivity contribution in [2.24, 2.45) is 5.92 Å². The van der Waals surface area contributed by atoms with Gasteiger partial charge in [-0.15, -0.1) is 5.10 Å². The van der Waals surface area contributed by atoms with Crippen molar-refractivity contribution in [3.05, 3.63) is 10.6 Å². The van der Waals surface area contributed by atoms with Crippen molar-refractivity contribution in [1.82, 2.24) is 19.8 Å². The second-order valence-electron chi connectivity index (χ2n) is 5.76. The molecule has 1 N–H and O–H groups in total. The van der Waals surface area contributed by atoms with Gasteiger partial charge in [0.05, 0.1) is 18.4 Å². The monoisotopic (exact) mass is 312 g/mol. The molecule has 0 radical (unpaired) electrons. The van der Waals surface area contributed by atoms with Crippen LogP contribution in [0, 0.1) is 5.92 Å². The number of amides is 1. The lowest BCUT2D eigenvalue weighted by atomic mass is 10.2. The molecule has 0 aliphatic carbocycles. The highest BCUT2D eigenvalue weighted by molar-refractivity contribution is 7.08. The lowest BCUT2D eigenvalue weighted by molar-refractivity contribution is -0.0295. The topological polar surface area (TPSA) is 67.4 Å². The summed E-state index contributed by atoms with van der Waals surface area (Å²) in [7, 11) is 0. The quantitative estimate of drug-likeness (QED) is 0.854. The van der Waals surface area contributed by atoms with Crippen LogP contribution in [0.4, 0.5) is 0 Å². The maximum Gasteiger partial charge on any atom is 0.265 e. The number of hydrogen-bond donors (Lipinski definition) is 1. The number of nitrogens with one attached hydrogen (secondary N) is 1. The predicted molar refractivity (Wildman–Crippen MR) is 82.6 cm³/mol. The molecule has 1 saturated heterocycles. The Kier molecular flexibility index (Phi) is 6.08. The molecule has 0 unspecified atom stereocenters. The molecule has 21 heavy (non-hydrogen) atoms. The fourth-order valence-electron chi connectivity index (χ4n) is 2.49. The molecular formula is C14H24N4O2S. The number of aryl methyl sites for hydroxylation is 1. The van der Waals surface area contributed by atoms with Crippen LogP contribution < -0.4 is 5.32 Å². The van der Waals surface area contributed by atoms with Crippen molar-refractivity contribution >= 4 is 17.4 Å². The van der Waals surface area contributed by atoms with Gasteiger partial charge in [-0.1, -0.05) is 25.3 Å². The first-order valence-corrected chi connectivity index (χ1v) is 8.30. The molecule has 1 aromatic rings. The van der Waals surface area contributed by atoms with Crippen molar-refractivity contribution in [3.8, 4) is 0 Å².